The number of hydrogen-bond acceptors (Lipinski definition) is 7. The quantitative estimate of drug-likeness (QED) is 0.492. The van der Waals surface area contributed by atoms with E-state index in [9.17, 15) is 27.6 Å². The number of primary amides is 1. The van der Waals surface area contributed by atoms with Crippen LogP contribution in [0.2, 0.25) is 0 Å². The molecule has 4 rings (SSSR count). The maximum atomic E-state index is 13.2. The molecule has 3 heterocycles. The van der Waals surface area contributed by atoms with Crippen molar-refractivity contribution in [2.24, 2.45) is 5.73 Å². The normalized spacial score (nSPS) is 17.9. The Kier molecular flexibility index (Phi) is 8.19. The topological polar surface area (TPSA) is 159 Å². The molecule has 1 atom stereocenters. The zero-order valence-corrected chi connectivity index (χ0v) is 22.9. The van der Waals surface area contributed by atoms with Crippen LogP contribution in [-0.2, 0) is 27.8 Å². The van der Waals surface area contributed by atoms with Gasteiger partial charge in [0.2, 0.25) is 15.9 Å². The molecule has 5 amide bonds. The molecule has 0 spiro atoms. The van der Waals surface area contributed by atoms with Gasteiger partial charge < -0.3 is 16.0 Å². The Morgan fingerprint density at radius 2 is 1.79 bits per heavy atom. The number of urea groups is 1. The molecule has 11 nitrogen and oxygen atoms in total. The number of sulfonamides is 1. The van der Waals surface area contributed by atoms with Crippen LogP contribution in [-0.4, -0.2) is 60.5 Å². The van der Waals surface area contributed by atoms with E-state index in [-0.39, 0.29) is 39.5 Å². The molecule has 2 aliphatic heterocycles. The van der Waals surface area contributed by atoms with E-state index in [4.69, 9.17) is 5.73 Å². The minimum atomic E-state index is -3.69. The molecule has 204 valence electrons. The van der Waals surface area contributed by atoms with Crippen molar-refractivity contribution in [3.05, 3.63) is 45.8 Å². The number of nitrogens with two attached hydrogens (primary N) is 1. The summed E-state index contributed by atoms with van der Waals surface area (Å²) in [4.78, 5) is 51.6. The Bertz CT molecular complexity index is 1370. The molecule has 2 aliphatic rings. The third kappa shape index (κ3) is 5.59. The number of fused-ring (bicyclic) bond motifs is 1. The summed E-state index contributed by atoms with van der Waals surface area (Å²) in [6.45, 7) is 4.59. The van der Waals surface area contributed by atoms with Crippen LogP contribution in [0.25, 0.3) is 0 Å². The number of nitrogens with zero attached hydrogens (tertiary/aromatic N) is 2. The molecular formula is C25H31N5O6S2. The van der Waals surface area contributed by atoms with E-state index in [1.807, 2.05) is 12.2 Å². The van der Waals surface area contributed by atoms with E-state index < -0.39 is 27.9 Å². The predicted molar refractivity (Wildman–Crippen MR) is 142 cm³/mol. The highest BCUT2D eigenvalue weighted by Gasteiger charge is 2.33. The number of piperidine rings is 1. The summed E-state index contributed by atoms with van der Waals surface area (Å²) < 4.78 is 28.0. The Balaban J connectivity index is 1.58. The standard InChI is InChI=1S/C25H31N5O6S2/c1-3-17-6-4-5-12-30(17)38(35,36)18-9-7-16(8-10-18)22(32)27-24-21(23(33)28-25(26)34)19-11-13-29(15(2)31)14-20(19)37-24/h7-10,17H,3-6,11-14H2,1-2H3,(H,27,32)(H3,26,28,33,34). The van der Waals surface area contributed by atoms with E-state index in [0.717, 1.165) is 41.9 Å². The van der Waals surface area contributed by atoms with Gasteiger partial charge in [-0.15, -0.1) is 11.3 Å². The molecule has 13 heteroatoms. The minimum Gasteiger partial charge on any atom is -0.351 e. The van der Waals surface area contributed by atoms with Gasteiger partial charge in [0.1, 0.15) is 5.00 Å². The lowest BCUT2D eigenvalue weighted by molar-refractivity contribution is -0.129. The molecule has 0 saturated carbocycles. The number of rotatable bonds is 6. The SMILES string of the molecule is CCC1CCCCN1S(=O)(=O)c1ccc(C(=O)Nc2sc3c(c2C(=O)NC(N)=O)CCN(C(C)=O)C3)cc1. The van der Waals surface area contributed by atoms with Crippen molar-refractivity contribution in [2.75, 3.05) is 18.4 Å². The molecule has 4 N–H and O–H groups in total. The summed E-state index contributed by atoms with van der Waals surface area (Å²) in [5.41, 5.74) is 6.12. The Hall–Kier alpha value is -3.29. The van der Waals surface area contributed by atoms with Gasteiger partial charge in [0.25, 0.3) is 11.8 Å². The summed E-state index contributed by atoms with van der Waals surface area (Å²) in [5, 5.41) is 5.00. The molecule has 0 radical (unpaired) electrons. The zero-order valence-electron chi connectivity index (χ0n) is 21.3. The Morgan fingerprint density at radius 1 is 1.08 bits per heavy atom. The summed E-state index contributed by atoms with van der Waals surface area (Å²) in [5.74, 6) is -1.40. The first-order valence-corrected chi connectivity index (χ1v) is 14.7. The van der Waals surface area contributed by atoms with Gasteiger partial charge in [0.05, 0.1) is 17.0 Å². The largest absolute Gasteiger partial charge is 0.351 e. The van der Waals surface area contributed by atoms with Crippen molar-refractivity contribution in [3.63, 3.8) is 0 Å². The zero-order chi connectivity index (χ0) is 27.6. The Morgan fingerprint density at radius 3 is 2.42 bits per heavy atom. The molecule has 1 unspecified atom stereocenters. The van der Waals surface area contributed by atoms with E-state index in [2.05, 4.69) is 5.32 Å². The van der Waals surface area contributed by atoms with E-state index in [1.165, 1.54) is 31.2 Å². The van der Waals surface area contributed by atoms with Gasteiger partial charge in [0.15, 0.2) is 0 Å². The lowest BCUT2D eigenvalue weighted by Crippen LogP contribution is -2.43. The maximum absolute atomic E-state index is 13.2. The molecule has 1 saturated heterocycles. The fourth-order valence-corrected chi connectivity index (χ4v) is 7.99. The van der Waals surface area contributed by atoms with Crippen molar-refractivity contribution in [2.45, 2.75) is 63.4 Å². The Labute approximate surface area is 225 Å². The first-order chi connectivity index (χ1) is 18.0. The van der Waals surface area contributed by atoms with Gasteiger partial charge in [-0.1, -0.05) is 13.3 Å². The van der Waals surface area contributed by atoms with Crippen LogP contribution in [0.5, 0.6) is 0 Å². The average molecular weight is 562 g/mol. The number of anilines is 1. The first kappa shape index (κ1) is 27.7. The first-order valence-electron chi connectivity index (χ1n) is 12.5. The van der Waals surface area contributed by atoms with E-state index >= 15 is 0 Å². The van der Waals surface area contributed by atoms with E-state index in [1.54, 1.807) is 9.21 Å². The molecule has 38 heavy (non-hydrogen) atoms. The summed E-state index contributed by atoms with van der Waals surface area (Å²) >= 11 is 1.15. The van der Waals surface area contributed by atoms with Crippen LogP contribution in [0.3, 0.4) is 0 Å². The minimum absolute atomic E-state index is 0.0366. The lowest BCUT2D eigenvalue weighted by Gasteiger charge is -2.34. The molecular weight excluding hydrogens is 530 g/mol. The highest BCUT2D eigenvalue weighted by Crippen LogP contribution is 2.37. The second-order valence-corrected chi connectivity index (χ2v) is 12.4. The fourth-order valence-electron chi connectivity index (χ4n) is 4.96. The van der Waals surface area contributed by atoms with Crippen LogP contribution in [0.4, 0.5) is 9.80 Å². The van der Waals surface area contributed by atoms with Crippen molar-refractivity contribution in [3.8, 4) is 0 Å². The number of hydrogen-bond donors (Lipinski definition) is 3. The lowest BCUT2D eigenvalue weighted by atomic mass is 10.0. The number of thiophene rings is 1. The molecule has 1 fully saturated rings. The summed E-state index contributed by atoms with van der Waals surface area (Å²) in [6, 6.07) is 4.63. The van der Waals surface area contributed by atoms with Gasteiger partial charge >= 0.3 is 6.03 Å². The average Bonchev–Trinajstić information content (AvgIpc) is 3.25. The number of nitrogens with one attached hydrogen (secondary N) is 2. The highest BCUT2D eigenvalue weighted by atomic mass is 32.2. The number of amides is 5. The van der Waals surface area contributed by atoms with E-state index in [0.29, 0.717) is 25.1 Å². The second kappa shape index (κ2) is 11.2. The van der Waals surface area contributed by atoms with Crippen LogP contribution in [0, 0.1) is 0 Å². The van der Waals surface area contributed by atoms with Crippen molar-refractivity contribution in [1.29, 1.82) is 0 Å². The molecule has 0 bridgehead atoms. The van der Waals surface area contributed by atoms with Crippen molar-refractivity contribution in [1.82, 2.24) is 14.5 Å². The van der Waals surface area contributed by atoms with Gasteiger partial charge in [-0.3, -0.25) is 19.7 Å². The van der Waals surface area contributed by atoms with Crippen LogP contribution >= 0.6 is 11.3 Å². The highest BCUT2D eigenvalue weighted by molar-refractivity contribution is 7.89. The van der Waals surface area contributed by atoms with Crippen LogP contribution in [0.15, 0.2) is 29.2 Å². The number of carbonyl (C=O) groups is 4. The van der Waals surface area contributed by atoms with Gasteiger partial charge in [0, 0.05) is 36.5 Å². The number of benzene rings is 1. The maximum Gasteiger partial charge on any atom is 0.319 e. The molecule has 0 aliphatic carbocycles. The third-order valence-corrected chi connectivity index (χ3v) is 10.1. The van der Waals surface area contributed by atoms with Gasteiger partial charge in [-0.25, -0.2) is 13.2 Å². The third-order valence-electron chi connectivity index (χ3n) is 6.96. The van der Waals surface area contributed by atoms with Crippen molar-refractivity contribution < 1.29 is 27.6 Å². The monoisotopic (exact) mass is 561 g/mol. The van der Waals surface area contributed by atoms with Crippen LogP contribution in [0.1, 0.15) is 70.7 Å². The molecule has 1 aromatic heterocycles. The van der Waals surface area contributed by atoms with Gasteiger partial charge in [-0.2, -0.15) is 4.31 Å². The molecule has 2 aromatic rings. The van der Waals surface area contributed by atoms with Crippen LogP contribution < -0.4 is 16.4 Å². The predicted octanol–water partition coefficient (Wildman–Crippen LogP) is 2.67. The smallest absolute Gasteiger partial charge is 0.319 e. The number of imide groups is 1. The molecule has 1 aromatic carbocycles. The second-order valence-electron chi connectivity index (χ2n) is 9.37. The number of carbonyl (C=O) groups excluding carboxylic acids is 4. The van der Waals surface area contributed by atoms with Crippen molar-refractivity contribution >= 4 is 50.1 Å². The summed E-state index contributed by atoms with van der Waals surface area (Å²) in [6.07, 6.45) is 3.76. The summed E-state index contributed by atoms with van der Waals surface area (Å²) in [7, 11) is -3.69. The fraction of sp³-hybridized carbons (Fsp3) is 0.440. The van der Waals surface area contributed by atoms with Gasteiger partial charge in [-0.05, 0) is 55.5 Å².